The molecule has 0 radical (unpaired) electrons. The average molecular weight is 605 g/mol. The normalized spacial score (nSPS) is 14.8. The van der Waals surface area contributed by atoms with E-state index in [-0.39, 0.29) is 29.4 Å². The number of hydrogen-bond acceptors (Lipinski definition) is 6. The van der Waals surface area contributed by atoms with E-state index in [9.17, 15) is 19.5 Å². The van der Waals surface area contributed by atoms with Crippen LogP contribution >= 0.6 is 34.2 Å². The molecule has 1 fully saturated rings. The molecule has 4 rings (SSSR count). The fourth-order valence-electron chi connectivity index (χ4n) is 3.36. The van der Waals surface area contributed by atoms with Crippen molar-refractivity contribution in [3.05, 3.63) is 86.0 Å². The summed E-state index contributed by atoms with van der Waals surface area (Å²) in [6.45, 7) is 0.248. The molecule has 0 atom stereocenters. The number of carbonyl (C=O) groups is 3. The molecule has 178 valence electrons. The number of imide groups is 2. The molecule has 0 saturated carbocycles. The largest absolute Gasteiger partial charge is 0.504 e. The molecule has 1 saturated heterocycles. The fourth-order valence-corrected chi connectivity index (χ4v) is 4.17. The molecule has 0 aromatic heterocycles. The SMILES string of the molecule is COc1cc(/C=C2\C(=O)NC(=O)N(c3ccc(OCc4ccccc4Cl)cc3)C2=O)cc(I)c1O. The van der Waals surface area contributed by atoms with E-state index in [2.05, 4.69) is 5.32 Å². The summed E-state index contributed by atoms with van der Waals surface area (Å²) in [5.74, 6) is -0.962. The van der Waals surface area contributed by atoms with Gasteiger partial charge in [0, 0.05) is 10.6 Å². The maximum atomic E-state index is 13.1. The van der Waals surface area contributed by atoms with Crippen LogP contribution in [0.2, 0.25) is 5.02 Å². The fraction of sp³-hybridized carbons (Fsp3) is 0.0800. The Bertz CT molecular complexity index is 1360. The minimum Gasteiger partial charge on any atom is -0.504 e. The summed E-state index contributed by atoms with van der Waals surface area (Å²) in [4.78, 5) is 38.9. The predicted molar refractivity (Wildman–Crippen MR) is 139 cm³/mol. The summed E-state index contributed by atoms with van der Waals surface area (Å²) in [7, 11) is 1.39. The van der Waals surface area contributed by atoms with Crippen molar-refractivity contribution in [2.24, 2.45) is 0 Å². The number of hydrogen-bond donors (Lipinski definition) is 2. The van der Waals surface area contributed by atoms with Crippen LogP contribution in [-0.2, 0) is 16.2 Å². The smallest absolute Gasteiger partial charge is 0.335 e. The molecule has 0 bridgehead atoms. The summed E-state index contributed by atoms with van der Waals surface area (Å²) in [6, 6.07) is 15.8. The number of urea groups is 1. The maximum absolute atomic E-state index is 13.1. The van der Waals surface area contributed by atoms with Gasteiger partial charge < -0.3 is 14.6 Å². The van der Waals surface area contributed by atoms with Crippen LogP contribution in [0.4, 0.5) is 10.5 Å². The molecule has 8 nitrogen and oxygen atoms in total. The molecule has 3 aromatic carbocycles. The average Bonchev–Trinajstić information content (AvgIpc) is 2.84. The predicted octanol–water partition coefficient (Wildman–Crippen LogP) is 4.90. The lowest BCUT2D eigenvalue weighted by Gasteiger charge is -2.26. The van der Waals surface area contributed by atoms with Gasteiger partial charge in [-0.2, -0.15) is 0 Å². The number of rotatable bonds is 6. The number of phenols is 1. The van der Waals surface area contributed by atoms with Crippen LogP contribution in [0.1, 0.15) is 11.1 Å². The Balaban J connectivity index is 1.57. The highest BCUT2D eigenvalue weighted by molar-refractivity contribution is 14.1. The van der Waals surface area contributed by atoms with E-state index in [1.165, 1.54) is 19.3 Å². The second kappa shape index (κ2) is 10.4. The molecule has 0 aliphatic carbocycles. The van der Waals surface area contributed by atoms with Crippen LogP contribution in [0.3, 0.4) is 0 Å². The number of barbiturate groups is 1. The van der Waals surface area contributed by atoms with Crippen LogP contribution in [-0.4, -0.2) is 30.1 Å². The summed E-state index contributed by atoms with van der Waals surface area (Å²) >= 11 is 8.05. The van der Waals surface area contributed by atoms with Crippen molar-refractivity contribution in [2.45, 2.75) is 6.61 Å². The van der Waals surface area contributed by atoms with Gasteiger partial charge >= 0.3 is 6.03 Å². The number of benzene rings is 3. The Hall–Kier alpha value is -3.57. The number of aromatic hydroxyl groups is 1. The molecular weight excluding hydrogens is 587 g/mol. The Labute approximate surface area is 219 Å². The molecule has 1 aliphatic heterocycles. The van der Waals surface area contributed by atoms with Gasteiger partial charge in [0.1, 0.15) is 17.9 Å². The van der Waals surface area contributed by atoms with Crippen LogP contribution in [0, 0.1) is 3.57 Å². The Kier molecular flexibility index (Phi) is 7.27. The number of methoxy groups -OCH3 is 1. The van der Waals surface area contributed by atoms with Crippen molar-refractivity contribution in [1.29, 1.82) is 0 Å². The highest BCUT2D eigenvalue weighted by atomic mass is 127. The minimum absolute atomic E-state index is 0.0525. The van der Waals surface area contributed by atoms with Gasteiger partial charge in [-0.1, -0.05) is 29.8 Å². The molecule has 3 aromatic rings. The van der Waals surface area contributed by atoms with Gasteiger partial charge in [-0.05, 0) is 76.7 Å². The number of halogens is 2. The summed E-state index contributed by atoms with van der Waals surface area (Å²) in [5, 5.41) is 12.8. The van der Waals surface area contributed by atoms with Crippen LogP contribution in [0.25, 0.3) is 6.08 Å². The van der Waals surface area contributed by atoms with Gasteiger partial charge in [0.25, 0.3) is 11.8 Å². The molecule has 0 spiro atoms. The first-order valence-corrected chi connectivity index (χ1v) is 11.7. The Morgan fingerprint density at radius 1 is 1.09 bits per heavy atom. The van der Waals surface area contributed by atoms with E-state index >= 15 is 0 Å². The second-order valence-electron chi connectivity index (χ2n) is 7.39. The third-order valence-corrected chi connectivity index (χ3v) is 6.32. The third-order valence-electron chi connectivity index (χ3n) is 5.13. The molecule has 35 heavy (non-hydrogen) atoms. The number of amides is 4. The zero-order valence-electron chi connectivity index (χ0n) is 18.2. The maximum Gasteiger partial charge on any atom is 0.335 e. The van der Waals surface area contributed by atoms with Crippen molar-refractivity contribution < 1.29 is 29.0 Å². The lowest BCUT2D eigenvalue weighted by atomic mass is 10.1. The molecule has 0 unspecified atom stereocenters. The quantitative estimate of drug-likeness (QED) is 0.236. The second-order valence-corrected chi connectivity index (χ2v) is 8.95. The standard InChI is InChI=1S/C25H18ClIN2O6/c1-34-21-12-14(11-20(27)22(21)30)10-18-23(31)28-25(33)29(24(18)32)16-6-8-17(9-7-16)35-13-15-4-2-3-5-19(15)26/h2-12,30H,13H2,1H3,(H,28,31,33)/b18-10+. The molecule has 4 amide bonds. The Morgan fingerprint density at radius 3 is 2.49 bits per heavy atom. The van der Waals surface area contributed by atoms with Crippen molar-refractivity contribution in [2.75, 3.05) is 12.0 Å². The number of nitrogens with one attached hydrogen (secondary N) is 1. The molecular formula is C25H18ClIN2O6. The van der Waals surface area contributed by atoms with Crippen molar-refractivity contribution in [3.63, 3.8) is 0 Å². The number of ether oxygens (including phenoxy) is 2. The van der Waals surface area contributed by atoms with E-state index < -0.39 is 17.8 Å². The van der Waals surface area contributed by atoms with E-state index in [0.717, 1.165) is 10.5 Å². The van der Waals surface area contributed by atoms with Gasteiger partial charge in [0.15, 0.2) is 11.5 Å². The first-order valence-electron chi connectivity index (χ1n) is 10.2. The van der Waals surface area contributed by atoms with Crippen molar-refractivity contribution in [3.8, 4) is 17.2 Å². The van der Waals surface area contributed by atoms with E-state index in [1.54, 1.807) is 36.4 Å². The first kappa shape index (κ1) is 24.6. The van der Waals surface area contributed by atoms with E-state index in [0.29, 0.717) is 19.9 Å². The van der Waals surface area contributed by atoms with Gasteiger partial charge in [-0.3, -0.25) is 14.9 Å². The van der Waals surface area contributed by atoms with Gasteiger partial charge in [0.05, 0.1) is 16.4 Å². The topological polar surface area (TPSA) is 105 Å². The van der Waals surface area contributed by atoms with E-state index in [1.807, 2.05) is 40.8 Å². The lowest BCUT2D eigenvalue weighted by molar-refractivity contribution is -0.122. The van der Waals surface area contributed by atoms with E-state index in [4.69, 9.17) is 21.1 Å². The van der Waals surface area contributed by atoms with Gasteiger partial charge in [-0.15, -0.1) is 0 Å². The summed E-state index contributed by atoms with van der Waals surface area (Å²) < 4.78 is 11.3. The van der Waals surface area contributed by atoms with Crippen molar-refractivity contribution >= 4 is 63.8 Å². The van der Waals surface area contributed by atoms with Gasteiger partial charge in [0.2, 0.25) is 0 Å². The van der Waals surface area contributed by atoms with Crippen molar-refractivity contribution in [1.82, 2.24) is 5.32 Å². The summed E-state index contributed by atoms with van der Waals surface area (Å²) in [5.41, 5.74) is 1.28. The number of phenolic OH excluding ortho intramolecular Hbond substituents is 1. The van der Waals surface area contributed by atoms with Crippen LogP contribution in [0.5, 0.6) is 17.2 Å². The first-order chi connectivity index (χ1) is 16.8. The number of carbonyl (C=O) groups excluding carboxylic acids is 3. The zero-order valence-corrected chi connectivity index (χ0v) is 21.2. The van der Waals surface area contributed by atoms with Crippen LogP contribution < -0.4 is 19.7 Å². The Morgan fingerprint density at radius 2 is 1.80 bits per heavy atom. The molecule has 2 N–H and O–H groups in total. The third kappa shape index (κ3) is 5.25. The minimum atomic E-state index is -0.861. The molecule has 1 heterocycles. The molecule has 1 aliphatic rings. The lowest BCUT2D eigenvalue weighted by Crippen LogP contribution is -2.54. The number of nitrogens with zero attached hydrogens (tertiary/aromatic N) is 1. The summed E-state index contributed by atoms with van der Waals surface area (Å²) in [6.07, 6.45) is 1.34. The highest BCUT2D eigenvalue weighted by Crippen LogP contribution is 2.33. The monoisotopic (exact) mass is 604 g/mol. The highest BCUT2D eigenvalue weighted by Gasteiger charge is 2.36. The van der Waals surface area contributed by atoms with Gasteiger partial charge in [-0.25, -0.2) is 9.69 Å². The molecule has 10 heteroatoms. The number of anilines is 1. The zero-order chi connectivity index (χ0) is 25.1. The van der Waals surface area contributed by atoms with Crippen LogP contribution in [0.15, 0.2) is 66.2 Å².